The van der Waals surface area contributed by atoms with Gasteiger partial charge in [0.1, 0.15) is 17.7 Å². The van der Waals surface area contributed by atoms with E-state index in [1.165, 1.54) is 18.2 Å². The van der Waals surface area contributed by atoms with Gasteiger partial charge in [0.25, 0.3) is 5.91 Å². The summed E-state index contributed by atoms with van der Waals surface area (Å²) in [6.07, 6.45) is -2.88. The lowest BCUT2D eigenvalue weighted by atomic mass is 9.93. The molecule has 1 atom stereocenters. The summed E-state index contributed by atoms with van der Waals surface area (Å²) in [6.45, 7) is 3.30. The van der Waals surface area contributed by atoms with E-state index in [0.717, 1.165) is 23.0 Å². The number of fused-ring (bicyclic) bond motifs is 1. The number of anilines is 1. The average Bonchev–Trinajstić information content (AvgIpc) is 3.32. The largest absolute Gasteiger partial charge is 0.416 e. The Balaban J connectivity index is 1.54. The van der Waals surface area contributed by atoms with Crippen molar-refractivity contribution in [3.05, 3.63) is 106 Å². The predicted molar refractivity (Wildman–Crippen MR) is 132 cm³/mol. The molecule has 5 rings (SSSR count). The Bertz CT molecular complexity index is 1570. The zero-order valence-electron chi connectivity index (χ0n) is 19.7. The minimum Gasteiger partial charge on any atom is -0.343 e. The smallest absolute Gasteiger partial charge is 0.343 e. The molecule has 4 aromatic rings. The van der Waals surface area contributed by atoms with Crippen molar-refractivity contribution < 1.29 is 22.4 Å². The molecular weight excluding hydrogens is 486 g/mol. The van der Waals surface area contributed by atoms with Crippen LogP contribution in [0, 0.1) is 12.7 Å². The van der Waals surface area contributed by atoms with Crippen molar-refractivity contribution in [2.45, 2.75) is 26.1 Å². The highest BCUT2D eigenvalue weighted by Crippen LogP contribution is 2.35. The third-order valence-electron chi connectivity index (χ3n) is 6.18. The molecule has 1 aliphatic heterocycles. The second-order valence-corrected chi connectivity index (χ2v) is 8.75. The Hall–Kier alpha value is -4.47. The van der Waals surface area contributed by atoms with E-state index >= 15 is 0 Å². The van der Waals surface area contributed by atoms with Crippen LogP contribution in [0.3, 0.4) is 0 Å². The molecule has 0 spiro atoms. The monoisotopic (exact) mass is 507 g/mol. The Morgan fingerprint density at radius 3 is 2.46 bits per heavy atom. The number of rotatable bonds is 4. The van der Waals surface area contributed by atoms with Crippen LogP contribution < -0.4 is 10.6 Å². The van der Waals surface area contributed by atoms with Crippen LogP contribution in [0.4, 0.5) is 23.2 Å². The van der Waals surface area contributed by atoms with Crippen LogP contribution in [-0.4, -0.2) is 21.9 Å². The summed E-state index contributed by atoms with van der Waals surface area (Å²) >= 11 is 0. The standard InChI is InChI=1S/C27H21F4N5O/c1-14-3-4-17(12-21(14)28)25-33-15(2)23(24(35-25)16-5-7-19(8-6-16)27(29,30)31)26(37)34-20-9-10-22-18(11-20)13-32-36-22/h3-13,24H,1-2H3,(H,32,36)(H,33,35)(H,34,37). The lowest BCUT2D eigenvalue weighted by Gasteiger charge is -2.27. The zero-order valence-corrected chi connectivity index (χ0v) is 19.7. The lowest BCUT2D eigenvalue weighted by Crippen LogP contribution is -2.34. The summed E-state index contributed by atoms with van der Waals surface area (Å²) in [4.78, 5) is 18.1. The molecule has 0 radical (unpaired) electrons. The maximum Gasteiger partial charge on any atom is 0.416 e. The van der Waals surface area contributed by atoms with Gasteiger partial charge in [-0.2, -0.15) is 18.3 Å². The average molecular weight is 507 g/mol. The minimum atomic E-state index is -4.50. The van der Waals surface area contributed by atoms with E-state index in [-0.39, 0.29) is 5.57 Å². The first-order valence-electron chi connectivity index (χ1n) is 11.3. The highest BCUT2D eigenvalue weighted by atomic mass is 19.4. The van der Waals surface area contributed by atoms with E-state index < -0.39 is 29.5 Å². The first-order chi connectivity index (χ1) is 17.6. The van der Waals surface area contributed by atoms with Crippen LogP contribution in [0.2, 0.25) is 0 Å². The molecule has 1 amide bonds. The van der Waals surface area contributed by atoms with Crippen molar-refractivity contribution in [2.75, 3.05) is 5.32 Å². The molecule has 0 saturated carbocycles. The van der Waals surface area contributed by atoms with Gasteiger partial charge in [0.05, 0.1) is 22.9 Å². The number of aryl methyl sites for hydroxylation is 1. The van der Waals surface area contributed by atoms with Crippen molar-refractivity contribution in [1.29, 1.82) is 0 Å². The highest BCUT2D eigenvalue weighted by Gasteiger charge is 2.33. The lowest BCUT2D eigenvalue weighted by molar-refractivity contribution is -0.137. The number of alkyl halides is 3. The van der Waals surface area contributed by atoms with E-state index in [1.807, 2.05) is 0 Å². The molecule has 6 nitrogen and oxygen atoms in total. The number of aromatic nitrogens is 2. The number of carbonyl (C=O) groups is 1. The number of aromatic amines is 1. The van der Waals surface area contributed by atoms with Gasteiger partial charge in [0, 0.05) is 22.3 Å². The molecule has 1 unspecified atom stereocenters. The van der Waals surface area contributed by atoms with Gasteiger partial charge < -0.3 is 10.6 Å². The van der Waals surface area contributed by atoms with E-state index in [9.17, 15) is 22.4 Å². The van der Waals surface area contributed by atoms with Gasteiger partial charge in [0.15, 0.2) is 0 Å². The molecule has 2 heterocycles. The molecular formula is C27H21F4N5O. The number of carbonyl (C=O) groups excluding carboxylic acids is 1. The van der Waals surface area contributed by atoms with Crippen molar-refractivity contribution in [3.63, 3.8) is 0 Å². The van der Waals surface area contributed by atoms with Crippen LogP contribution in [0.15, 0.2) is 83.1 Å². The Morgan fingerprint density at radius 1 is 1.00 bits per heavy atom. The molecule has 10 heteroatoms. The maximum atomic E-state index is 14.3. The van der Waals surface area contributed by atoms with Crippen molar-refractivity contribution in [3.8, 4) is 0 Å². The number of benzene rings is 3. The van der Waals surface area contributed by atoms with Gasteiger partial charge in [-0.1, -0.05) is 24.3 Å². The second kappa shape index (κ2) is 9.20. The fourth-order valence-corrected chi connectivity index (χ4v) is 4.17. The summed E-state index contributed by atoms with van der Waals surface area (Å²) in [5, 5.41) is 13.5. The summed E-state index contributed by atoms with van der Waals surface area (Å²) < 4.78 is 53.7. The summed E-state index contributed by atoms with van der Waals surface area (Å²) in [7, 11) is 0. The first-order valence-corrected chi connectivity index (χ1v) is 11.3. The van der Waals surface area contributed by atoms with Crippen LogP contribution in [0.5, 0.6) is 0 Å². The van der Waals surface area contributed by atoms with Crippen LogP contribution in [0.25, 0.3) is 10.9 Å². The van der Waals surface area contributed by atoms with Gasteiger partial charge >= 0.3 is 6.18 Å². The number of hydrogen-bond donors (Lipinski definition) is 3. The minimum absolute atomic E-state index is 0.225. The molecule has 0 bridgehead atoms. The van der Waals surface area contributed by atoms with Crippen LogP contribution in [-0.2, 0) is 11.0 Å². The summed E-state index contributed by atoms with van der Waals surface area (Å²) in [5.74, 6) is -0.596. The number of nitrogens with one attached hydrogen (secondary N) is 3. The number of hydrogen-bond acceptors (Lipinski definition) is 4. The summed E-state index contributed by atoms with van der Waals surface area (Å²) in [5.41, 5.74) is 2.46. The maximum absolute atomic E-state index is 14.3. The number of nitrogens with zero attached hydrogens (tertiary/aromatic N) is 2. The van der Waals surface area contributed by atoms with E-state index in [0.29, 0.717) is 33.9 Å². The third kappa shape index (κ3) is 4.82. The number of amidine groups is 1. The molecule has 0 saturated heterocycles. The van der Waals surface area contributed by atoms with Gasteiger partial charge in [0.2, 0.25) is 0 Å². The third-order valence-corrected chi connectivity index (χ3v) is 6.18. The molecule has 3 aromatic carbocycles. The van der Waals surface area contributed by atoms with Crippen LogP contribution >= 0.6 is 0 Å². The second-order valence-electron chi connectivity index (χ2n) is 8.75. The fraction of sp³-hybridized carbons (Fsp3) is 0.148. The van der Waals surface area contributed by atoms with Gasteiger partial charge in [-0.15, -0.1) is 0 Å². The number of amides is 1. The summed E-state index contributed by atoms with van der Waals surface area (Å²) in [6, 6.07) is 13.4. The number of aliphatic imine (C=N–C) groups is 1. The van der Waals surface area contributed by atoms with E-state index in [1.54, 1.807) is 50.4 Å². The Labute approximate surface area is 209 Å². The Kier molecular flexibility index (Phi) is 6.02. The quantitative estimate of drug-likeness (QED) is 0.295. The molecule has 37 heavy (non-hydrogen) atoms. The van der Waals surface area contributed by atoms with Crippen molar-refractivity contribution in [2.24, 2.45) is 4.99 Å². The molecule has 188 valence electrons. The van der Waals surface area contributed by atoms with Crippen molar-refractivity contribution >= 4 is 28.3 Å². The fourth-order valence-electron chi connectivity index (χ4n) is 4.17. The molecule has 3 N–H and O–H groups in total. The normalized spacial score (nSPS) is 15.9. The van der Waals surface area contributed by atoms with E-state index in [2.05, 4.69) is 25.8 Å². The zero-order chi connectivity index (χ0) is 26.3. The number of allylic oxidation sites excluding steroid dienone is 1. The molecule has 0 fully saturated rings. The van der Waals surface area contributed by atoms with Gasteiger partial charge in [-0.25, -0.2) is 4.39 Å². The molecule has 1 aromatic heterocycles. The first kappa shape index (κ1) is 24.2. The van der Waals surface area contributed by atoms with Gasteiger partial charge in [-0.3, -0.25) is 14.9 Å². The van der Waals surface area contributed by atoms with Crippen LogP contribution in [0.1, 0.15) is 35.2 Å². The highest BCUT2D eigenvalue weighted by molar-refractivity contribution is 6.09. The topological polar surface area (TPSA) is 82.2 Å². The molecule has 0 aliphatic carbocycles. The molecule has 1 aliphatic rings. The number of halogens is 4. The number of H-pyrrole nitrogens is 1. The van der Waals surface area contributed by atoms with E-state index in [4.69, 9.17) is 0 Å². The SMILES string of the molecule is CC1=C(C(=O)Nc2ccc3[nH]ncc3c2)C(c2ccc(C(F)(F)F)cc2)N=C(c2ccc(C)c(F)c2)N1. The predicted octanol–water partition coefficient (Wildman–Crippen LogP) is 6.03. The van der Waals surface area contributed by atoms with Gasteiger partial charge in [-0.05, 0) is 61.4 Å². The Morgan fingerprint density at radius 2 is 1.76 bits per heavy atom. The van der Waals surface area contributed by atoms with Crippen molar-refractivity contribution in [1.82, 2.24) is 15.5 Å².